The minimum Gasteiger partial charge on any atom is -0.372 e. The van der Waals surface area contributed by atoms with Crippen molar-refractivity contribution in [3.8, 4) is 0 Å². The average molecular weight is 406 g/mol. The summed E-state index contributed by atoms with van der Waals surface area (Å²) in [6.07, 6.45) is 6.04. The van der Waals surface area contributed by atoms with Gasteiger partial charge in [0.2, 0.25) is 5.91 Å². The van der Waals surface area contributed by atoms with Gasteiger partial charge in [0.1, 0.15) is 0 Å². The molecule has 160 valence electrons. The number of hydrogen-bond acceptors (Lipinski definition) is 3. The third-order valence-electron chi connectivity index (χ3n) is 6.56. The Morgan fingerprint density at radius 3 is 2.37 bits per heavy atom. The number of nitrogens with zero attached hydrogens (tertiary/aromatic N) is 3. The van der Waals surface area contributed by atoms with Crippen molar-refractivity contribution in [1.29, 1.82) is 0 Å². The van der Waals surface area contributed by atoms with Crippen molar-refractivity contribution in [3.05, 3.63) is 65.7 Å². The van der Waals surface area contributed by atoms with Gasteiger partial charge >= 0.3 is 0 Å². The van der Waals surface area contributed by atoms with Crippen LogP contribution in [0.1, 0.15) is 43.2 Å². The first-order chi connectivity index (χ1) is 14.7. The lowest BCUT2D eigenvalue weighted by Crippen LogP contribution is -2.43. The summed E-state index contributed by atoms with van der Waals surface area (Å²) >= 11 is 0. The van der Waals surface area contributed by atoms with Crippen LogP contribution in [-0.4, -0.2) is 48.9 Å². The van der Waals surface area contributed by atoms with Crippen molar-refractivity contribution in [2.24, 2.45) is 5.92 Å². The molecule has 30 heavy (non-hydrogen) atoms. The molecule has 1 unspecified atom stereocenters. The van der Waals surface area contributed by atoms with Crippen LogP contribution < -0.4 is 4.90 Å². The molecule has 4 nitrogen and oxygen atoms in total. The zero-order valence-corrected chi connectivity index (χ0v) is 18.3. The van der Waals surface area contributed by atoms with E-state index in [2.05, 4.69) is 64.4 Å². The highest BCUT2D eigenvalue weighted by molar-refractivity contribution is 5.79. The zero-order valence-electron chi connectivity index (χ0n) is 18.3. The quantitative estimate of drug-likeness (QED) is 0.706. The molecule has 2 aliphatic rings. The van der Waals surface area contributed by atoms with Gasteiger partial charge in [0.25, 0.3) is 0 Å². The Labute approximate surface area is 181 Å². The number of carbonyl (C=O) groups excluding carboxylic acids is 1. The van der Waals surface area contributed by atoms with Crippen molar-refractivity contribution in [3.63, 3.8) is 0 Å². The highest BCUT2D eigenvalue weighted by Gasteiger charge is 2.28. The van der Waals surface area contributed by atoms with E-state index in [-0.39, 0.29) is 11.8 Å². The lowest BCUT2D eigenvalue weighted by atomic mass is 9.96. The first-order valence-corrected chi connectivity index (χ1v) is 11.5. The maximum atomic E-state index is 13.1. The number of amides is 1. The number of carbonyl (C=O) groups is 1. The molecule has 1 atom stereocenters. The molecule has 0 radical (unpaired) electrons. The summed E-state index contributed by atoms with van der Waals surface area (Å²) in [5.41, 5.74) is 3.85. The molecular weight excluding hydrogens is 370 g/mol. The van der Waals surface area contributed by atoms with E-state index in [1.807, 2.05) is 11.9 Å². The molecule has 0 N–H and O–H groups in total. The van der Waals surface area contributed by atoms with Crippen molar-refractivity contribution in [2.75, 3.05) is 38.1 Å². The number of rotatable bonds is 6. The fraction of sp³-hybridized carbons (Fsp3) is 0.500. The van der Waals surface area contributed by atoms with E-state index < -0.39 is 0 Å². The molecule has 1 amide bonds. The summed E-state index contributed by atoms with van der Waals surface area (Å²) in [6.45, 7) is 5.91. The van der Waals surface area contributed by atoms with Crippen LogP contribution in [0.2, 0.25) is 0 Å². The number of likely N-dealkylation sites (tertiary alicyclic amines) is 1. The monoisotopic (exact) mass is 405 g/mol. The number of anilines is 1. The van der Waals surface area contributed by atoms with Gasteiger partial charge in [0, 0.05) is 45.5 Å². The molecule has 4 rings (SSSR count). The summed E-state index contributed by atoms with van der Waals surface area (Å²) in [5.74, 6) is 0.396. The van der Waals surface area contributed by atoms with E-state index in [0.717, 1.165) is 32.5 Å². The number of piperidine rings is 2. The number of hydrogen-bond donors (Lipinski definition) is 0. The third kappa shape index (κ3) is 5.42. The Bertz CT molecular complexity index is 799. The van der Waals surface area contributed by atoms with Crippen LogP contribution in [0.4, 0.5) is 5.69 Å². The normalized spacial score (nSPS) is 20.2. The SMILES string of the molecule is CN(Cc1ccc(N2CCCCC2)cc1)C(=O)C1CCCN(Cc2ccccc2)C1. The van der Waals surface area contributed by atoms with Crippen LogP contribution in [0.3, 0.4) is 0 Å². The molecule has 2 aliphatic heterocycles. The molecule has 2 saturated heterocycles. The van der Waals surface area contributed by atoms with E-state index in [1.54, 1.807) is 0 Å². The van der Waals surface area contributed by atoms with E-state index in [1.165, 1.54) is 49.2 Å². The molecule has 2 heterocycles. The average Bonchev–Trinajstić information content (AvgIpc) is 2.80. The van der Waals surface area contributed by atoms with Gasteiger partial charge in [-0.2, -0.15) is 0 Å². The topological polar surface area (TPSA) is 26.8 Å². The van der Waals surface area contributed by atoms with Crippen molar-refractivity contribution < 1.29 is 4.79 Å². The Hall–Kier alpha value is -2.33. The Morgan fingerprint density at radius 2 is 1.63 bits per heavy atom. The van der Waals surface area contributed by atoms with Crippen LogP contribution in [0, 0.1) is 5.92 Å². The predicted molar refractivity (Wildman–Crippen MR) is 123 cm³/mol. The predicted octanol–water partition coefficient (Wildman–Crippen LogP) is 4.55. The van der Waals surface area contributed by atoms with E-state index in [4.69, 9.17) is 0 Å². The van der Waals surface area contributed by atoms with Gasteiger partial charge < -0.3 is 9.80 Å². The van der Waals surface area contributed by atoms with Gasteiger partial charge in [-0.3, -0.25) is 9.69 Å². The summed E-state index contributed by atoms with van der Waals surface area (Å²) < 4.78 is 0. The van der Waals surface area contributed by atoms with Crippen molar-refractivity contribution in [1.82, 2.24) is 9.80 Å². The molecule has 0 aliphatic carbocycles. The first kappa shape index (κ1) is 20.9. The van der Waals surface area contributed by atoms with Crippen LogP contribution >= 0.6 is 0 Å². The van der Waals surface area contributed by atoms with Crippen LogP contribution in [-0.2, 0) is 17.9 Å². The molecular formula is C26H35N3O. The summed E-state index contributed by atoms with van der Waals surface area (Å²) in [4.78, 5) is 19.9. The summed E-state index contributed by atoms with van der Waals surface area (Å²) in [6, 6.07) is 19.4. The fourth-order valence-corrected chi connectivity index (χ4v) is 4.87. The molecule has 2 aromatic rings. The molecule has 0 bridgehead atoms. The number of benzene rings is 2. The molecule has 2 aromatic carbocycles. The smallest absolute Gasteiger partial charge is 0.227 e. The highest BCUT2D eigenvalue weighted by Crippen LogP contribution is 2.23. The fourth-order valence-electron chi connectivity index (χ4n) is 4.87. The van der Waals surface area contributed by atoms with Gasteiger partial charge in [0.15, 0.2) is 0 Å². The third-order valence-corrected chi connectivity index (χ3v) is 6.56. The highest BCUT2D eigenvalue weighted by atomic mass is 16.2. The van der Waals surface area contributed by atoms with Crippen molar-refractivity contribution >= 4 is 11.6 Å². The molecule has 2 fully saturated rings. The second kappa shape index (κ2) is 10.1. The zero-order chi connectivity index (χ0) is 20.8. The van der Waals surface area contributed by atoms with E-state index >= 15 is 0 Å². The molecule has 0 aromatic heterocycles. The first-order valence-electron chi connectivity index (χ1n) is 11.5. The largest absolute Gasteiger partial charge is 0.372 e. The Kier molecular flexibility index (Phi) is 7.06. The maximum Gasteiger partial charge on any atom is 0.227 e. The molecule has 0 spiro atoms. The van der Waals surface area contributed by atoms with Gasteiger partial charge in [-0.25, -0.2) is 0 Å². The van der Waals surface area contributed by atoms with Crippen LogP contribution in [0.25, 0.3) is 0 Å². The minimum absolute atomic E-state index is 0.111. The lowest BCUT2D eigenvalue weighted by Gasteiger charge is -2.34. The van der Waals surface area contributed by atoms with Gasteiger partial charge in [-0.05, 0) is 61.9 Å². The second-order valence-corrected chi connectivity index (χ2v) is 8.97. The summed E-state index contributed by atoms with van der Waals surface area (Å²) in [7, 11) is 1.96. The standard InChI is InChI=1S/C26H35N3O/c1-27(19-23-12-14-25(15-13-23)29-17-6-3-7-18-29)26(30)24-11-8-16-28(21-24)20-22-9-4-2-5-10-22/h2,4-5,9-10,12-15,24H,3,6-8,11,16-21H2,1H3. The molecule has 0 saturated carbocycles. The lowest BCUT2D eigenvalue weighted by molar-refractivity contribution is -0.136. The van der Waals surface area contributed by atoms with Gasteiger partial charge in [0.05, 0.1) is 5.92 Å². The minimum atomic E-state index is 0.111. The van der Waals surface area contributed by atoms with Crippen LogP contribution in [0.15, 0.2) is 54.6 Å². The second-order valence-electron chi connectivity index (χ2n) is 8.97. The maximum absolute atomic E-state index is 13.1. The Balaban J connectivity index is 1.30. The van der Waals surface area contributed by atoms with Crippen LogP contribution in [0.5, 0.6) is 0 Å². The van der Waals surface area contributed by atoms with Gasteiger partial charge in [-0.15, -0.1) is 0 Å². The van der Waals surface area contributed by atoms with E-state index in [9.17, 15) is 4.79 Å². The Morgan fingerprint density at radius 1 is 0.900 bits per heavy atom. The molecule has 4 heteroatoms. The summed E-state index contributed by atoms with van der Waals surface area (Å²) in [5, 5.41) is 0. The van der Waals surface area contributed by atoms with Crippen molar-refractivity contribution in [2.45, 2.75) is 45.2 Å². The van der Waals surface area contributed by atoms with E-state index in [0.29, 0.717) is 6.54 Å². The van der Waals surface area contributed by atoms with Gasteiger partial charge in [-0.1, -0.05) is 42.5 Å².